The average molecular weight is 462 g/mol. The summed E-state index contributed by atoms with van der Waals surface area (Å²) in [6.07, 6.45) is 7.30. The number of rotatable bonds is 9. The molecule has 1 saturated carbocycles. The van der Waals surface area contributed by atoms with Crippen molar-refractivity contribution in [2.24, 2.45) is 5.92 Å². The Bertz CT molecular complexity index is 1090. The zero-order valence-corrected chi connectivity index (χ0v) is 21.0. The standard InChI is InChI=1S/C29H39N3O2/c1-29(2,3)23-14-7-10-17-26(23)34-21-11-20-32-25-16-9-8-15-24(25)31-27(32)18-19-30-28(33)22-12-5-4-6-13-22/h7-10,14-17,22H,4-6,11-13,18-21H2,1-3H3,(H,30,33). The molecule has 1 N–H and O–H groups in total. The maximum atomic E-state index is 12.5. The Morgan fingerprint density at radius 1 is 1.06 bits per heavy atom. The molecule has 0 saturated heterocycles. The van der Waals surface area contributed by atoms with Gasteiger partial charge in [-0.25, -0.2) is 4.98 Å². The summed E-state index contributed by atoms with van der Waals surface area (Å²) < 4.78 is 8.50. The molecule has 4 rings (SSSR count). The van der Waals surface area contributed by atoms with E-state index in [0.29, 0.717) is 13.2 Å². The number of hydrogen-bond donors (Lipinski definition) is 1. The van der Waals surface area contributed by atoms with Gasteiger partial charge in [-0.3, -0.25) is 4.79 Å². The Balaban J connectivity index is 1.36. The van der Waals surface area contributed by atoms with Gasteiger partial charge in [-0.1, -0.05) is 70.4 Å². The van der Waals surface area contributed by atoms with Crippen molar-refractivity contribution in [3.63, 3.8) is 0 Å². The molecule has 0 aliphatic heterocycles. The second-order valence-corrected chi connectivity index (χ2v) is 10.5. The molecule has 1 fully saturated rings. The van der Waals surface area contributed by atoms with E-state index in [1.807, 2.05) is 12.1 Å². The summed E-state index contributed by atoms with van der Waals surface area (Å²) in [7, 11) is 0. The van der Waals surface area contributed by atoms with E-state index in [2.05, 4.69) is 67.1 Å². The van der Waals surface area contributed by atoms with Crippen molar-refractivity contribution in [1.29, 1.82) is 0 Å². The van der Waals surface area contributed by atoms with Gasteiger partial charge in [0.05, 0.1) is 17.6 Å². The van der Waals surface area contributed by atoms with Crippen LogP contribution in [0.5, 0.6) is 5.75 Å². The van der Waals surface area contributed by atoms with Gasteiger partial charge in [0, 0.05) is 25.4 Å². The molecule has 0 atom stereocenters. The SMILES string of the molecule is CC(C)(C)c1ccccc1OCCCn1c(CCNC(=O)C2CCCCC2)nc2ccccc21. The summed E-state index contributed by atoms with van der Waals surface area (Å²) in [6, 6.07) is 16.6. The van der Waals surface area contributed by atoms with Crippen LogP contribution in [0.2, 0.25) is 0 Å². The molecule has 0 spiro atoms. The third-order valence-corrected chi connectivity index (χ3v) is 6.84. The first kappa shape index (κ1) is 24.3. The molecule has 0 unspecified atom stereocenters. The number of aryl methyl sites for hydroxylation is 1. The second kappa shape index (κ2) is 11.1. The number of carbonyl (C=O) groups is 1. The molecule has 0 bridgehead atoms. The lowest BCUT2D eigenvalue weighted by atomic mass is 9.86. The highest BCUT2D eigenvalue weighted by molar-refractivity contribution is 5.78. The van der Waals surface area contributed by atoms with Gasteiger partial charge in [0.2, 0.25) is 5.91 Å². The monoisotopic (exact) mass is 461 g/mol. The van der Waals surface area contributed by atoms with E-state index in [-0.39, 0.29) is 17.2 Å². The smallest absolute Gasteiger partial charge is 0.223 e. The number of nitrogens with one attached hydrogen (secondary N) is 1. The molecule has 3 aromatic rings. The van der Waals surface area contributed by atoms with Crippen LogP contribution in [0.3, 0.4) is 0 Å². The summed E-state index contributed by atoms with van der Waals surface area (Å²) in [5, 5.41) is 3.16. The number of benzene rings is 2. The second-order valence-electron chi connectivity index (χ2n) is 10.5. The predicted molar refractivity (Wildman–Crippen MR) is 138 cm³/mol. The molecular formula is C29H39N3O2. The Hall–Kier alpha value is -2.82. The van der Waals surface area contributed by atoms with Crippen molar-refractivity contribution >= 4 is 16.9 Å². The first-order chi connectivity index (χ1) is 16.4. The predicted octanol–water partition coefficient (Wildman–Crippen LogP) is 6.04. The Kier molecular flexibility index (Phi) is 7.91. The molecule has 182 valence electrons. The quantitative estimate of drug-likeness (QED) is 0.395. The third-order valence-electron chi connectivity index (χ3n) is 6.84. The first-order valence-electron chi connectivity index (χ1n) is 12.9. The van der Waals surface area contributed by atoms with Gasteiger partial charge >= 0.3 is 0 Å². The van der Waals surface area contributed by atoms with Gasteiger partial charge in [-0.2, -0.15) is 0 Å². The van der Waals surface area contributed by atoms with Crippen LogP contribution < -0.4 is 10.1 Å². The van der Waals surface area contributed by atoms with Crippen LogP contribution in [-0.4, -0.2) is 28.6 Å². The fourth-order valence-electron chi connectivity index (χ4n) is 4.99. The molecule has 5 nitrogen and oxygen atoms in total. The highest BCUT2D eigenvalue weighted by atomic mass is 16.5. The van der Waals surface area contributed by atoms with E-state index in [0.717, 1.165) is 54.8 Å². The van der Waals surface area contributed by atoms with Crippen molar-refractivity contribution in [2.75, 3.05) is 13.2 Å². The van der Waals surface area contributed by atoms with Crippen molar-refractivity contribution in [3.05, 3.63) is 59.9 Å². The number of hydrogen-bond acceptors (Lipinski definition) is 3. The van der Waals surface area contributed by atoms with Crippen molar-refractivity contribution < 1.29 is 9.53 Å². The lowest BCUT2D eigenvalue weighted by Gasteiger charge is -2.22. The minimum atomic E-state index is 0.0480. The van der Waals surface area contributed by atoms with E-state index in [4.69, 9.17) is 9.72 Å². The maximum Gasteiger partial charge on any atom is 0.223 e. The van der Waals surface area contributed by atoms with E-state index >= 15 is 0 Å². The summed E-state index contributed by atoms with van der Waals surface area (Å²) in [5.41, 5.74) is 3.44. The van der Waals surface area contributed by atoms with Gasteiger partial charge in [0.25, 0.3) is 0 Å². The minimum absolute atomic E-state index is 0.0480. The van der Waals surface area contributed by atoms with Crippen molar-refractivity contribution in [1.82, 2.24) is 14.9 Å². The molecule has 1 amide bonds. The number of carbonyl (C=O) groups excluding carboxylic acids is 1. The lowest BCUT2D eigenvalue weighted by molar-refractivity contribution is -0.125. The van der Waals surface area contributed by atoms with Crippen LogP contribution in [0.25, 0.3) is 11.0 Å². The molecule has 0 radical (unpaired) electrons. The molecule has 1 heterocycles. The van der Waals surface area contributed by atoms with Gasteiger partial charge in [-0.05, 0) is 48.4 Å². The largest absolute Gasteiger partial charge is 0.493 e. The van der Waals surface area contributed by atoms with Crippen LogP contribution >= 0.6 is 0 Å². The third kappa shape index (κ3) is 5.99. The van der Waals surface area contributed by atoms with Crippen LogP contribution in [0.15, 0.2) is 48.5 Å². The van der Waals surface area contributed by atoms with Crippen LogP contribution in [0.1, 0.15) is 70.7 Å². The van der Waals surface area contributed by atoms with Gasteiger partial charge < -0.3 is 14.6 Å². The minimum Gasteiger partial charge on any atom is -0.493 e. The number of aromatic nitrogens is 2. The summed E-state index contributed by atoms with van der Waals surface area (Å²) in [4.78, 5) is 17.4. The van der Waals surface area contributed by atoms with Gasteiger partial charge in [-0.15, -0.1) is 0 Å². The van der Waals surface area contributed by atoms with E-state index in [9.17, 15) is 4.79 Å². The highest BCUT2D eigenvalue weighted by Crippen LogP contribution is 2.31. The first-order valence-corrected chi connectivity index (χ1v) is 12.9. The molecule has 5 heteroatoms. The van der Waals surface area contributed by atoms with Crippen LogP contribution in [-0.2, 0) is 23.2 Å². The van der Waals surface area contributed by atoms with E-state index in [1.165, 1.54) is 24.8 Å². The molecule has 1 aliphatic rings. The van der Waals surface area contributed by atoms with Gasteiger partial charge in [0.15, 0.2) is 0 Å². The molecule has 1 aliphatic carbocycles. The number of amides is 1. The van der Waals surface area contributed by atoms with E-state index < -0.39 is 0 Å². The van der Waals surface area contributed by atoms with Crippen LogP contribution in [0, 0.1) is 5.92 Å². The number of imidazole rings is 1. The summed E-state index contributed by atoms with van der Waals surface area (Å²) in [5.74, 6) is 2.41. The van der Waals surface area contributed by atoms with E-state index in [1.54, 1.807) is 0 Å². The zero-order valence-electron chi connectivity index (χ0n) is 21.0. The van der Waals surface area contributed by atoms with Gasteiger partial charge in [0.1, 0.15) is 11.6 Å². The molecule has 34 heavy (non-hydrogen) atoms. The number of fused-ring (bicyclic) bond motifs is 1. The fourth-order valence-corrected chi connectivity index (χ4v) is 4.99. The highest BCUT2D eigenvalue weighted by Gasteiger charge is 2.21. The number of nitrogens with zero attached hydrogens (tertiary/aromatic N) is 2. The average Bonchev–Trinajstić information content (AvgIpc) is 3.19. The Labute approximate surface area is 203 Å². The van der Waals surface area contributed by atoms with Crippen molar-refractivity contribution in [2.45, 2.75) is 77.7 Å². The summed E-state index contributed by atoms with van der Waals surface area (Å²) in [6.45, 7) is 8.76. The zero-order chi connectivity index (χ0) is 24.0. The maximum absolute atomic E-state index is 12.5. The normalized spacial score (nSPS) is 14.9. The fraction of sp³-hybridized carbons (Fsp3) is 0.517. The number of para-hydroxylation sites is 3. The number of ether oxygens (including phenoxy) is 1. The molecular weight excluding hydrogens is 422 g/mol. The Morgan fingerprint density at radius 3 is 2.59 bits per heavy atom. The molecule has 1 aromatic heterocycles. The summed E-state index contributed by atoms with van der Waals surface area (Å²) >= 11 is 0. The van der Waals surface area contributed by atoms with Crippen LogP contribution in [0.4, 0.5) is 0 Å². The molecule has 2 aromatic carbocycles. The Morgan fingerprint density at radius 2 is 1.79 bits per heavy atom. The van der Waals surface area contributed by atoms with Crippen molar-refractivity contribution in [3.8, 4) is 5.75 Å². The lowest BCUT2D eigenvalue weighted by Crippen LogP contribution is -2.33. The topological polar surface area (TPSA) is 56.1 Å².